The van der Waals surface area contributed by atoms with Gasteiger partial charge in [0.15, 0.2) is 0 Å². The summed E-state index contributed by atoms with van der Waals surface area (Å²) in [5.41, 5.74) is 14.6. The Morgan fingerprint density at radius 3 is 2.01 bits per heavy atom. The summed E-state index contributed by atoms with van der Waals surface area (Å²) in [5, 5.41) is 2.22. The quantitative estimate of drug-likeness (QED) is 0.123. The Bertz CT molecular complexity index is 4260. The highest BCUT2D eigenvalue weighted by atomic mass is 16.5. The molecule has 3 aromatic heterocycles. The van der Waals surface area contributed by atoms with Crippen LogP contribution in [-0.2, 0) is 5.41 Å². The predicted molar refractivity (Wildman–Crippen MR) is 282 cm³/mol. The second kappa shape index (κ2) is 15.9. The molecule has 0 aliphatic carbocycles. The Balaban J connectivity index is 1.04. The molecular weight excluding hydrogens is 841 g/mol. The fourth-order valence-electron chi connectivity index (χ4n) is 10.3. The van der Waals surface area contributed by atoms with Crippen LogP contribution in [0, 0.1) is 6.33 Å². The molecule has 12 aromatic rings. The molecule has 1 aliphatic rings. The van der Waals surface area contributed by atoms with Crippen molar-refractivity contribution in [2.24, 2.45) is 0 Å². The third-order valence-electron chi connectivity index (χ3n) is 13.4. The number of aromatic nitrogens is 4. The van der Waals surface area contributed by atoms with Crippen molar-refractivity contribution in [1.29, 1.82) is 0 Å². The summed E-state index contributed by atoms with van der Waals surface area (Å²) in [4.78, 5) is 4.89. The van der Waals surface area contributed by atoms with Crippen molar-refractivity contribution in [3.05, 3.63) is 236 Å². The van der Waals surface area contributed by atoms with Gasteiger partial charge in [-0.05, 0) is 115 Å². The van der Waals surface area contributed by atoms with Gasteiger partial charge in [0.25, 0.3) is 6.33 Å². The molecule has 0 unspecified atom stereocenters. The van der Waals surface area contributed by atoms with Crippen molar-refractivity contribution in [3.8, 4) is 84.3 Å². The number of para-hydroxylation sites is 3. The topological polar surface area (TPSA) is 35.9 Å². The first-order chi connectivity index (χ1) is 35.9. The van der Waals surface area contributed by atoms with Gasteiger partial charge < -0.3 is 4.74 Å². The van der Waals surface area contributed by atoms with Gasteiger partial charge in [-0.2, -0.15) is 0 Å². The molecule has 9 aromatic carbocycles. The maximum atomic E-state index is 9.29. The van der Waals surface area contributed by atoms with Crippen molar-refractivity contribution >= 4 is 32.8 Å². The molecule has 0 spiro atoms. The number of nitrogens with zero attached hydrogens (tertiary/aromatic N) is 4. The fraction of sp³-hybridized carbons (Fsp3) is 0.0625. The van der Waals surface area contributed by atoms with E-state index in [-0.39, 0.29) is 23.1 Å². The Morgan fingerprint density at radius 1 is 0.522 bits per heavy atom. The number of ether oxygens (including phenoxy) is 1. The third-order valence-corrected chi connectivity index (χ3v) is 13.4. The molecule has 328 valence electrons. The summed E-state index contributed by atoms with van der Waals surface area (Å²) in [5.74, 6) is 2.11. The van der Waals surface area contributed by atoms with Crippen LogP contribution >= 0.6 is 0 Å². The van der Waals surface area contributed by atoms with Crippen LogP contribution in [0.2, 0.25) is 0 Å². The van der Waals surface area contributed by atoms with Crippen LogP contribution < -0.4 is 9.30 Å². The molecule has 0 fully saturated rings. The SMILES string of the molecule is [2H]c1c([2H])c([2H])c(-c2cccc3c2-[n+]2[c-]n(-c4cccc(Oc5ccc6c7ccccc7n(-c7cc(C(C)(C)C)ccn7)c6c5)c4)c4cccc(c42)-c2c(-c4ccccc4)cccc2-c2ccccc2-3)c([2H])c1[2H]. The molecule has 0 saturated heterocycles. The van der Waals surface area contributed by atoms with E-state index in [1.54, 1.807) is 0 Å². The van der Waals surface area contributed by atoms with Gasteiger partial charge >= 0.3 is 0 Å². The summed E-state index contributed by atoms with van der Waals surface area (Å²) in [6.45, 7) is 6.63. The van der Waals surface area contributed by atoms with Crippen molar-refractivity contribution in [2.75, 3.05) is 0 Å². The minimum atomic E-state index is -0.445. The zero-order chi connectivity index (χ0) is 50.6. The van der Waals surface area contributed by atoms with E-state index in [1.165, 1.54) is 5.56 Å². The average Bonchev–Trinajstić information content (AvgIpc) is 4.00. The Kier molecular flexibility index (Phi) is 8.17. The summed E-state index contributed by atoms with van der Waals surface area (Å²) in [7, 11) is 0. The Morgan fingerprint density at radius 2 is 1.17 bits per heavy atom. The lowest BCUT2D eigenvalue weighted by molar-refractivity contribution is -0.570. The van der Waals surface area contributed by atoms with Crippen LogP contribution in [0.3, 0.4) is 0 Å². The molecular formula is C64H46N4O. The standard InChI is InChI=1S/C64H46N4O/c1-64(2,3)44-36-37-65-60(38-44)68-57-32-13-12-26-52(57)53-35-34-47(40-59(53)68)69-46-23-14-22-45(39-46)66-41-67-62-49(43-20-8-5-9-21-43)28-16-30-55(62)51-25-11-10-24-50(51)54-29-15-27-48(42-18-6-4-7-19-42)61(54)56-31-17-33-58(66)63(56)67/h4-40H,1-3H3/i5D,8D,9D,20D,21D. The van der Waals surface area contributed by atoms with Gasteiger partial charge in [-0.1, -0.05) is 184 Å². The second-order valence-corrected chi connectivity index (χ2v) is 18.6. The molecule has 69 heavy (non-hydrogen) atoms. The van der Waals surface area contributed by atoms with E-state index in [0.29, 0.717) is 22.7 Å². The van der Waals surface area contributed by atoms with Crippen molar-refractivity contribution < 1.29 is 16.2 Å². The van der Waals surface area contributed by atoms with Gasteiger partial charge in [0.2, 0.25) is 0 Å². The van der Waals surface area contributed by atoms with E-state index in [2.05, 4.69) is 153 Å². The van der Waals surface area contributed by atoms with Crippen LogP contribution in [0.25, 0.3) is 106 Å². The highest BCUT2D eigenvalue weighted by Crippen LogP contribution is 2.48. The average molecular weight is 892 g/mol. The number of fused-ring (bicyclic) bond motifs is 10. The molecule has 0 atom stereocenters. The number of pyridine rings is 1. The summed E-state index contributed by atoms with van der Waals surface area (Å²) >= 11 is 0. The van der Waals surface area contributed by atoms with Crippen LogP contribution in [-0.4, -0.2) is 14.1 Å². The van der Waals surface area contributed by atoms with Crippen molar-refractivity contribution in [2.45, 2.75) is 26.2 Å². The monoisotopic (exact) mass is 891 g/mol. The number of benzene rings is 9. The smallest absolute Gasteiger partial charge is 0.269 e. The van der Waals surface area contributed by atoms with Crippen LogP contribution in [0.5, 0.6) is 11.5 Å². The molecule has 0 saturated carbocycles. The second-order valence-electron chi connectivity index (χ2n) is 18.6. The fourth-order valence-corrected chi connectivity index (χ4v) is 10.3. The first-order valence-corrected chi connectivity index (χ1v) is 23.2. The van der Waals surface area contributed by atoms with E-state index < -0.39 is 18.1 Å². The van der Waals surface area contributed by atoms with E-state index in [9.17, 15) is 2.74 Å². The predicted octanol–water partition coefficient (Wildman–Crippen LogP) is 15.9. The Labute approximate surface area is 408 Å². The number of imidazole rings is 1. The van der Waals surface area contributed by atoms with Crippen LogP contribution in [0.4, 0.5) is 0 Å². The minimum absolute atomic E-state index is 0.0639. The van der Waals surface area contributed by atoms with E-state index >= 15 is 0 Å². The van der Waals surface area contributed by atoms with Gasteiger partial charge in [0, 0.05) is 23.0 Å². The van der Waals surface area contributed by atoms with E-state index in [4.69, 9.17) is 13.8 Å². The largest absolute Gasteiger partial charge is 0.458 e. The third kappa shape index (κ3) is 6.69. The highest BCUT2D eigenvalue weighted by molar-refractivity contribution is 6.10. The molecule has 1 aliphatic heterocycles. The van der Waals surface area contributed by atoms with Crippen LogP contribution in [0.1, 0.15) is 33.2 Å². The Hall–Kier alpha value is -8.80. The summed E-state index contributed by atoms with van der Waals surface area (Å²) in [6.07, 6.45) is 5.68. The highest BCUT2D eigenvalue weighted by Gasteiger charge is 2.28. The van der Waals surface area contributed by atoms with E-state index in [0.717, 1.165) is 88.9 Å². The van der Waals surface area contributed by atoms with Gasteiger partial charge in [-0.3, -0.25) is 13.7 Å². The zero-order valence-corrected chi connectivity index (χ0v) is 38.2. The first kappa shape index (κ1) is 35.4. The summed E-state index contributed by atoms with van der Waals surface area (Å²) in [6, 6.07) is 62.3. The maximum Gasteiger partial charge on any atom is 0.269 e. The number of hydrogen-bond acceptors (Lipinski definition) is 2. The lowest BCUT2D eigenvalue weighted by Crippen LogP contribution is -2.32. The zero-order valence-electron chi connectivity index (χ0n) is 43.2. The molecule has 0 N–H and O–H groups in total. The van der Waals surface area contributed by atoms with E-state index in [1.807, 2.05) is 82.1 Å². The van der Waals surface area contributed by atoms with Gasteiger partial charge in [0.05, 0.1) is 40.3 Å². The molecule has 13 rings (SSSR count). The maximum absolute atomic E-state index is 9.29. The molecule has 5 nitrogen and oxygen atoms in total. The molecule has 4 heterocycles. The van der Waals surface area contributed by atoms with Gasteiger partial charge in [0.1, 0.15) is 17.3 Å². The minimum Gasteiger partial charge on any atom is -0.458 e. The molecule has 0 bridgehead atoms. The first-order valence-electron chi connectivity index (χ1n) is 25.7. The van der Waals surface area contributed by atoms with Crippen molar-refractivity contribution in [3.63, 3.8) is 0 Å². The van der Waals surface area contributed by atoms with Gasteiger partial charge in [-0.25, -0.2) is 4.98 Å². The van der Waals surface area contributed by atoms with Crippen LogP contribution in [0.15, 0.2) is 224 Å². The summed E-state index contributed by atoms with van der Waals surface area (Å²) < 4.78 is 57.8. The van der Waals surface area contributed by atoms with Crippen molar-refractivity contribution in [1.82, 2.24) is 14.1 Å². The lowest BCUT2D eigenvalue weighted by Gasteiger charge is -2.20. The number of hydrogen-bond donors (Lipinski definition) is 0. The molecule has 0 radical (unpaired) electrons. The lowest BCUT2D eigenvalue weighted by atomic mass is 9.84. The molecule has 0 amide bonds. The molecule has 5 heteroatoms. The normalized spacial score (nSPS) is 13.0. The number of rotatable bonds is 6. The van der Waals surface area contributed by atoms with Gasteiger partial charge in [-0.15, -0.1) is 0 Å².